The molecule has 1 aromatic carbocycles. The summed E-state index contributed by atoms with van der Waals surface area (Å²) in [5, 5.41) is 20.5. The van der Waals surface area contributed by atoms with E-state index in [9.17, 15) is 14.7 Å². The fraction of sp³-hybridized carbons (Fsp3) is 0.190. The second-order valence-corrected chi connectivity index (χ2v) is 7.23. The van der Waals surface area contributed by atoms with Gasteiger partial charge < -0.3 is 14.8 Å². The average Bonchev–Trinajstić information content (AvgIpc) is 3.31. The molecule has 144 valence electrons. The molecule has 0 bridgehead atoms. The van der Waals surface area contributed by atoms with Crippen LogP contribution in [-0.2, 0) is 17.8 Å². The van der Waals surface area contributed by atoms with E-state index >= 15 is 0 Å². The lowest BCUT2D eigenvalue weighted by molar-refractivity contribution is -0.130. The van der Waals surface area contributed by atoms with Gasteiger partial charge in [-0.25, -0.2) is 14.6 Å². The van der Waals surface area contributed by atoms with Crippen LogP contribution >= 0.6 is 11.3 Å². The van der Waals surface area contributed by atoms with Crippen LogP contribution in [0.3, 0.4) is 0 Å². The summed E-state index contributed by atoms with van der Waals surface area (Å²) in [6.45, 7) is 2.54. The van der Waals surface area contributed by atoms with E-state index in [1.807, 2.05) is 16.0 Å². The number of aliphatic carboxylic acids is 1. The predicted molar refractivity (Wildman–Crippen MR) is 109 cm³/mol. The molecular formula is C21H20N2O4S. The smallest absolute Gasteiger partial charge is 0.337 e. The molecule has 6 nitrogen and oxygen atoms in total. The molecule has 0 amide bonds. The Hall–Kier alpha value is -3.19. The molecule has 0 radical (unpaired) electrons. The highest BCUT2D eigenvalue weighted by Crippen LogP contribution is 2.24. The first-order valence-electron chi connectivity index (χ1n) is 8.85. The number of benzene rings is 1. The highest BCUT2D eigenvalue weighted by atomic mass is 32.1. The zero-order valence-electron chi connectivity index (χ0n) is 15.3. The van der Waals surface area contributed by atoms with E-state index in [1.54, 1.807) is 42.6 Å². The first-order valence-corrected chi connectivity index (χ1v) is 9.73. The Morgan fingerprint density at radius 3 is 2.50 bits per heavy atom. The van der Waals surface area contributed by atoms with Gasteiger partial charge in [-0.1, -0.05) is 25.1 Å². The van der Waals surface area contributed by atoms with Crippen LogP contribution in [0.5, 0.6) is 0 Å². The lowest BCUT2D eigenvalue weighted by atomic mass is 10.1. The molecule has 7 heteroatoms. The van der Waals surface area contributed by atoms with Crippen molar-refractivity contribution in [3.8, 4) is 0 Å². The van der Waals surface area contributed by atoms with Crippen LogP contribution < -0.4 is 0 Å². The van der Waals surface area contributed by atoms with Gasteiger partial charge in [-0.2, -0.15) is 0 Å². The largest absolute Gasteiger partial charge is 0.478 e. The van der Waals surface area contributed by atoms with Gasteiger partial charge in [0.1, 0.15) is 5.82 Å². The molecule has 0 aliphatic carbocycles. The third-order valence-corrected chi connectivity index (χ3v) is 5.20. The number of aryl methyl sites for hydroxylation is 1. The maximum Gasteiger partial charge on any atom is 0.337 e. The maximum absolute atomic E-state index is 11.8. The third-order valence-electron chi connectivity index (χ3n) is 4.29. The molecule has 0 saturated carbocycles. The van der Waals surface area contributed by atoms with Crippen molar-refractivity contribution in [3.63, 3.8) is 0 Å². The van der Waals surface area contributed by atoms with E-state index < -0.39 is 11.9 Å². The molecule has 0 aliphatic heterocycles. The van der Waals surface area contributed by atoms with Gasteiger partial charge in [-0.15, -0.1) is 11.3 Å². The molecule has 0 atom stereocenters. The van der Waals surface area contributed by atoms with E-state index in [0.29, 0.717) is 17.1 Å². The molecule has 2 aromatic heterocycles. The second-order valence-electron chi connectivity index (χ2n) is 6.28. The topological polar surface area (TPSA) is 92.4 Å². The number of hydrogen-bond donors (Lipinski definition) is 2. The molecular weight excluding hydrogens is 376 g/mol. The van der Waals surface area contributed by atoms with Gasteiger partial charge in [0.25, 0.3) is 0 Å². The number of carboxylic acids is 2. The first-order chi connectivity index (χ1) is 13.5. The van der Waals surface area contributed by atoms with Crippen molar-refractivity contribution in [3.05, 3.63) is 75.5 Å². The van der Waals surface area contributed by atoms with Crippen molar-refractivity contribution in [2.75, 3.05) is 0 Å². The zero-order valence-corrected chi connectivity index (χ0v) is 16.1. The third kappa shape index (κ3) is 4.37. The first kappa shape index (κ1) is 19.6. The Morgan fingerprint density at radius 2 is 1.93 bits per heavy atom. The standard InChI is InChI=1S/C21H20N2O4S/c1-2-4-19-22-12-16(11-17(21(26)27)18-5-3-10-28-18)23(19)13-14-6-8-15(9-7-14)20(24)25/h3,5-12H,2,4,13H2,1H3,(H,24,25)(H,26,27)/b17-11+. The monoisotopic (exact) mass is 396 g/mol. The summed E-state index contributed by atoms with van der Waals surface area (Å²) >= 11 is 1.38. The van der Waals surface area contributed by atoms with Crippen molar-refractivity contribution in [1.29, 1.82) is 0 Å². The fourth-order valence-electron chi connectivity index (χ4n) is 2.90. The number of carbonyl (C=O) groups is 2. The SMILES string of the molecule is CCCc1ncc(/C=C(/C(=O)O)c2cccs2)n1Cc1ccc(C(=O)O)cc1. The van der Waals surface area contributed by atoms with Crippen LogP contribution in [0, 0.1) is 0 Å². The molecule has 0 spiro atoms. The Morgan fingerprint density at radius 1 is 1.18 bits per heavy atom. The summed E-state index contributed by atoms with van der Waals surface area (Å²) in [5.41, 5.74) is 2.08. The van der Waals surface area contributed by atoms with Crippen LogP contribution in [0.2, 0.25) is 0 Å². The Kier molecular flexibility index (Phi) is 6.06. The quantitative estimate of drug-likeness (QED) is 0.555. The summed E-state index contributed by atoms with van der Waals surface area (Å²) < 4.78 is 1.98. The highest BCUT2D eigenvalue weighted by Gasteiger charge is 2.15. The van der Waals surface area contributed by atoms with Crippen molar-refractivity contribution in [2.24, 2.45) is 0 Å². The van der Waals surface area contributed by atoms with Crippen molar-refractivity contribution < 1.29 is 19.8 Å². The number of aromatic carboxylic acids is 1. The number of rotatable bonds is 8. The van der Waals surface area contributed by atoms with Gasteiger partial charge in [-0.05, 0) is 41.6 Å². The number of thiophene rings is 1. The number of imidazole rings is 1. The van der Waals surface area contributed by atoms with E-state index in [1.165, 1.54) is 11.3 Å². The summed E-state index contributed by atoms with van der Waals surface area (Å²) in [4.78, 5) is 28.0. The molecule has 3 aromatic rings. The molecule has 0 fully saturated rings. The number of nitrogens with zero attached hydrogens (tertiary/aromatic N) is 2. The van der Waals surface area contributed by atoms with Gasteiger partial charge >= 0.3 is 11.9 Å². The molecule has 0 unspecified atom stereocenters. The highest BCUT2D eigenvalue weighted by molar-refractivity contribution is 7.11. The Labute approximate surface area is 166 Å². The Balaban J connectivity index is 2.00. The minimum atomic E-state index is -0.988. The average molecular weight is 396 g/mol. The molecule has 2 N–H and O–H groups in total. The molecule has 28 heavy (non-hydrogen) atoms. The van der Waals surface area contributed by atoms with Crippen molar-refractivity contribution in [2.45, 2.75) is 26.3 Å². The minimum absolute atomic E-state index is 0.223. The van der Waals surface area contributed by atoms with Crippen LogP contribution in [0.15, 0.2) is 48.0 Å². The molecule has 2 heterocycles. The van der Waals surface area contributed by atoms with Gasteiger partial charge in [0.05, 0.1) is 23.0 Å². The van der Waals surface area contributed by atoms with Crippen molar-refractivity contribution >= 4 is 34.9 Å². The predicted octanol–water partition coefficient (Wildman–Crippen LogP) is 4.27. The number of carboxylic acid groups (broad SMARTS) is 2. The molecule has 0 aliphatic rings. The second kappa shape index (κ2) is 8.67. The van der Waals surface area contributed by atoms with E-state index in [-0.39, 0.29) is 11.1 Å². The van der Waals surface area contributed by atoms with Crippen LogP contribution in [0.1, 0.15) is 45.7 Å². The summed E-state index contributed by atoms with van der Waals surface area (Å²) in [6, 6.07) is 10.3. The van der Waals surface area contributed by atoms with Gasteiger partial charge in [-0.3, -0.25) is 0 Å². The number of hydrogen-bond acceptors (Lipinski definition) is 4. The normalized spacial score (nSPS) is 11.5. The number of aromatic nitrogens is 2. The Bertz CT molecular complexity index is 1000. The van der Waals surface area contributed by atoms with Gasteiger partial charge in [0.2, 0.25) is 0 Å². The molecule has 0 saturated heterocycles. The van der Waals surface area contributed by atoms with Crippen LogP contribution in [0.4, 0.5) is 0 Å². The summed E-state index contributed by atoms with van der Waals surface area (Å²) in [7, 11) is 0. The van der Waals surface area contributed by atoms with Gasteiger partial charge in [0.15, 0.2) is 0 Å². The lowest BCUT2D eigenvalue weighted by Gasteiger charge is -2.11. The van der Waals surface area contributed by atoms with Crippen LogP contribution in [0.25, 0.3) is 11.6 Å². The summed E-state index contributed by atoms with van der Waals surface area (Å²) in [6.07, 6.45) is 5.01. The van der Waals surface area contributed by atoms with Crippen molar-refractivity contribution in [1.82, 2.24) is 9.55 Å². The zero-order chi connectivity index (χ0) is 20.1. The van der Waals surface area contributed by atoms with E-state index in [2.05, 4.69) is 11.9 Å². The van der Waals surface area contributed by atoms with E-state index in [0.717, 1.165) is 24.2 Å². The maximum atomic E-state index is 11.8. The van der Waals surface area contributed by atoms with E-state index in [4.69, 9.17) is 5.11 Å². The fourth-order valence-corrected chi connectivity index (χ4v) is 3.64. The van der Waals surface area contributed by atoms with Crippen LogP contribution in [-0.4, -0.2) is 31.7 Å². The minimum Gasteiger partial charge on any atom is -0.478 e. The molecule has 3 rings (SSSR count). The lowest BCUT2D eigenvalue weighted by Crippen LogP contribution is -2.08. The summed E-state index contributed by atoms with van der Waals surface area (Å²) in [5.74, 6) is -1.09. The van der Waals surface area contributed by atoms with Gasteiger partial charge in [0, 0.05) is 17.8 Å².